The summed E-state index contributed by atoms with van der Waals surface area (Å²) in [5.74, 6) is -0.792. The highest BCUT2D eigenvalue weighted by Crippen LogP contribution is 2.35. The van der Waals surface area contributed by atoms with Gasteiger partial charge >= 0.3 is 5.97 Å². The number of carboxylic acids is 1. The molecule has 0 aliphatic carbocycles. The summed E-state index contributed by atoms with van der Waals surface area (Å²) in [7, 11) is 0. The van der Waals surface area contributed by atoms with Crippen LogP contribution in [0.3, 0.4) is 0 Å². The van der Waals surface area contributed by atoms with Crippen LogP contribution in [0.25, 0.3) is 0 Å². The van der Waals surface area contributed by atoms with Crippen molar-refractivity contribution in [3.05, 3.63) is 15.6 Å². The smallest absolute Gasteiger partial charge is 0.308 e. The summed E-state index contributed by atoms with van der Waals surface area (Å²) < 4.78 is 0. The average Bonchev–Trinajstić information content (AvgIpc) is 2.44. The molecular weight excluding hydrogens is 234 g/mol. The van der Waals surface area contributed by atoms with Crippen molar-refractivity contribution in [1.82, 2.24) is 4.98 Å². The summed E-state index contributed by atoms with van der Waals surface area (Å²) in [6, 6.07) is 0. The Hall–Kier alpha value is -0.900. The van der Waals surface area contributed by atoms with Gasteiger partial charge in [0.1, 0.15) is 0 Å². The number of nitrogens with zero attached hydrogens (tertiary/aromatic N) is 1. The Bertz CT molecular complexity index is 422. The van der Waals surface area contributed by atoms with Gasteiger partial charge in [0.05, 0.1) is 17.1 Å². The van der Waals surface area contributed by atoms with E-state index in [-0.39, 0.29) is 17.3 Å². The van der Waals surface area contributed by atoms with E-state index >= 15 is 0 Å². The van der Waals surface area contributed by atoms with E-state index in [1.165, 1.54) is 11.3 Å². The van der Waals surface area contributed by atoms with Gasteiger partial charge in [0.25, 0.3) is 0 Å². The predicted octanol–water partition coefficient (Wildman–Crippen LogP) is 3.37. The topological polar surface area (TPSA) is 50.2 Å². The minimum Gasteiger partial charge on any atom is -0.481 e. The molecule has 0 saturated carbocycles. The minimum absolute atomic E-state index is 0.0264. The van der Waals surface area contributed by atoms with Crippen molar-refractivity contribution in [2.45, 2.75) is 58.8 Å². The van der Waals surface area contributed by atoms with Crippen LogP contribution in [-0.4, -0.2) is 16.1 Å². The molecule has 0 spiro atoms. The molecule has 4 heteroatoms. The van der Waals surface area contributed by atoms with Crippen molar-refractivity contribution in [2.75, 3.05) is 0 Å². The quantitative estimate of drug-likeness (QED) is 0.881. The van der Waals surface area contributed by atoms with Crippen LogP contribution in [-0.2, 0) is 22.0 Å². The summed E-state index contributed by atoms with van der Waals surface area (Å²) in [6.45, 7) is 12.5. The highest BCUT2D eigenvalue weighted by molar-refractivity contribution is 7.12. The summed E-state index contributed by atoms with van der Waals surface area (Å²) in [6.07, 6.45) is 0.0698. The van der Waals surface area contributed by atoms with Gasteiger partial charge in [-0.1, -0.05) is 41.5 Å². The number of carbonyl (C=O) groups is 1. The first kappa shape index (κ1) is 14.2. The monoisotopic (exact) mass is 255 g/mol. The lowest BCUT2D eigenvalue weighted by molar-refractivity contribution is -0.136. The molecule has 0 aliphatic heterocycles. The Morgan fingerprint density at radius 1 is 1.18 bits per heavy atom. The summed E-state index contributed by atoms with van der Waals surface area (Å²) in [5, 5.41) is 9.96. The molecule has 1 heterocycles. The molecule has 96 valence electrons. The maximum atomic E-state index is 10.9. The van der Waals surface area contributed by atoms with Gasteiger partial charge in [0.2, 0.25) is 0 Å². The molecule has 0 saturated heterocycles. The third kappa shape index (κ3) is 3.53. The lowest BCUT2D eigenvalue weighted by Crippen LogP contribution is -2.17. The molecule has 0 bridgehead atoms. The molecule has 0 unspecified atom stereocenters. The van der Waals surface area contributed by atoms with E-state index in [9.17, 15) is 4.79 Å². The van der Waals surface area contributed by atoms with E-state index < -0.39 is 5.97 Å². The lowest BCUT2D eigenvalue weighted by atomic mass is 9.90. The molecule has 1 N–H and O–H groups in total. The van der Waals surface area contributed by atoms with Crippen LogP contribution in [0.2, 0.25) is 0 Å². The standard InChI is InChI=1S/C13H21NO2S/c1-12(2,3)10-8(7-9(15)16)17-11(14-10)13(4,5)6/h7H2,1-6H3,(H,15,16). The van der Waals surface area contributed by atoms with Gasteiger partial charge in [0.15, 0.2) is 0 Å². The maximum Gasteiger partial charge on any atom is 0.308 e. The first-order valence-electron chi connectivity index (χ1n) is 5.74. The second-order valence-electron chi connectivity index (χ2n) is 6.36. The fraction of sp³-hybridized carbons (Fsp3) is 0.692. The van der Waals surface area contributed by atoms with Crippen LogP contribution in [0.4, 0.5) is 0 Å². The second kappa shape index (κ2) is 4.41. The van der Waals surface area contributed by atoms with Gasteiger partial charge in [-0.05, 0) is 0 Å². The minimum atomic E-state index is -0.792. The zero-order chi connectivity index (χ0) is 13.4. The third-order valence-electron chi connectivity index (χ3n) is 2.36. The maximum absolute atomic E-state index is 10.9. The molecule has 0 aliphatic rings. The molecule has 1 aromatic heterocycles. The van der Waals surface area contributed by atoms with Crippen molar-refractivity contribution in [1.29, 1.82) is 0 Å². The lowest BCUT2D eigenvalue weighted by Gasteiger charge is -2.18. The number of hydrogen-bond acceptors (Lipinski definition) is 3. The SMILES string of the molecule is CC(C)(C)c1nc(C(C)(C)C)c(CC(=O)O)s1. The zero-order valence-electron chi connectivity index (χ0n) is 11.4. The predicted molar refractivity (Wildman–Crippen MR) is 70.9 cm³/mol. The van der Waals surface area contributed by atoms with Crippen LogP contribution >= 0.6 is 11.3 Å². The third-order valence-corrected chi connectivity index (χ3v) is 3.84. The van der Waals surface area contributed by atoms with Crippen LogP contribution < -0.4 is 0 Å². The van der Waals surface area contributed by atoms with Crippen molar-refractivity contribution in [3.63, 3.8) is 0 Å². The average molecular weight is 255 g/mol. The number of rotatable bonds is 2. The highest BCUT2D eigenvalue weighted by Gasteiger charge is 2.28. The van der Waals surface area contributed by atoms with Crippen LogP contribution in [0.1, 0.15) is 57.1 Å². The molecule has 0 aromatic carbocycles. The number of aliphatic carboxylic acids is 1. The Morgan fingerprint density at radius 3 is 2.06 bits per heavy atom. The summed E-state index contributed by atoms with van der Waals surface area (Å²) in [5.41, 5.74) is 0.793. The van der Waals surface area contributed by atoms with Gasteiger partial charge in [-0.25, -0.2) is 4.98 Å². The second-order valence-corrected chi connectivity index (χ2v) is 7.44. The van der Waals surface area contributed by atoms with E-state index in [0.29, 0.717) is 0 Å². The largest absolute Gasteiger partial charge is 0.481 e. The van der Waals surface area contributed by atoms with Crippen LogP contribution in [0.15, 0.2) is 0 Å². The van der Waals surface area contributed by atoms with Crippen molar-refractivity contribution >= 4 is 17.3 Å². The van der Waals surface area contributed by atoms with E-state index in [1.54, 1.807) is 0 Å². The molecule has 0 amide bonds. The fourth-order valence-electron chi connectivity index (χ4n) is 1.52. The highest BCUT2D eigenvalue weighted by atomic mass is 32.1. The zero-order valence-corrected chi connectivity index (χ0v) is 12.2. The molecular formula is C13H21NO2S. The van der Waals surface area contributed by atoms with Gasteiger partial charge in [-0.3, -0.25) is 4.79 Å². The molecule has 1 rings (SSSR count). The molecule has 0 fully saturated rings. The first-order chi connectivity index (χ1) is 7.51. The Labute approximate surface area is 107 Å². The molecule has 17 heavy (non-hydrogen) atoms. The van der Waals surface area contributed by atoms with Crippen LogP contribution in [0, 0.1) is 0 Å². The molecule has 0 radical (unpaired) electrons. The summed E-state index contributed by atoms with van der Waals surface area (Å²) in [4.78, 5) is 16.4. The number of carboxylic acid groups (broad SMARTS) is 1. The molecule has 1 aromatic rings. The number of thiazole rings is 1. The Balaban J connectivity index is 3.27. The van der Waals surface area contributed by atoms with Gasteiger partial charge in [0, 0.05) is 15.7 Å². The van der Waals surface area contributed by atoms with Gasteiger partial charge in [-0.15, -0.1) is 11.3 Å². The number of hydrogen-bond donors (Lipinski definition) is 1. The van der Waals surface area contributed by atoms with Gasteiger partial charge in [-0.2, -0.15) is 0 Å². The fourth-order valence-corrected chi connectivity index (χ4v) is 2.84. The van der Waals surface area contributed by atoms with Crippen LogP contribution in [0.5, 0.6) is 0 Å². The van der Waals surface area contributed by atoms with E-state index in [1.807, 2.05) is 0 Å². The number of aromatic nitrogens is 1. The molecule has 0 atom stereocenters. The van der Waals surface area contributed by atoms with Crippen molar-refractivity contribution in [2.24, 2.45) is 0 Å². The Morgan fingerprint density at radius 2 is 1.71 bits per heavy atom. The molecule has 3 nitrogen and oxygen atoms in total. The van der Waals surface area contributed by atoms with E-state index in [4.69, 9.17) is 5.11 Å². The first-order valence-corrected chi connectivity index (χ1v) is 6.56. The van der Waals surface area contributed by atoms with Crippen molar-refractivity contribution < 1.29 is 9.90 Å². The van der Waals surface area contributed by atoms with E-state index in [2.05, 4.69) is 46.5 Å². The van der Waals surface area contributed by atoms with Crippen molar-refractivity contribution in [3.8, 4) is 0 Å². The van der Waals surface area contributed by atoms with E-state index in [0.717, 1.165) is 15.6 Å². The Kier molecular flexibility index (Phi) is 3.67. The normalized spacial score (nSPS) is 12.8. The summed E-state index contributed by atoms with van der Waals surface area (Å²) >= 11 is 1.53. The van der Waals surface area contributed by atoms with Gasteiger partial charge < -0.3 is 5.11 Å².